The van der Waals surface area contributed by atoms with E-state index in [0.717, 1.165) is 72.1 Å². The molecule has 0 fully saturated rings. The number of aromatic nitrogens is 6. The van der Waals surface area contributed by atoms with E-state index in [-0.39, 0.29) is 0 Å². The maximum Gasteiger partial charge on any atom is 0.165 e. The molecule has 0 aliphatic carbocycles. The Hall–Kier alpha value is -6.14. The van der Waals surface area contributed by atoms with Gasteiger partial charge in [0.05, 0.1) is 11.0 Å². The molecular formula is C40H28N6. The van der Waals surface area contributed by atoms with Crippen LogP contribution in [0.2, 0.25) is 0 Å². The van der Waals surface area contributed by atoms with Crippen LogP contribution >= 0.6 is 0 Å². The van der Waals surface area contributed by atoms with E-state index >= 15 is 0 Å². The van der Waals surface area contributed by atoms with Gasteiger partial charge in [0.1, 0.15) is 0 Å². The minimum atomic E-state index is 0.590. The van der Waals surface area contributed by atoms with E-state index in [1.54, 1.807) is 12.4 Å². The van der Waals surface area contributed by atoms with Gasteiger partial charge in [-0.3, -0.25) is 15.0 Å². The van der Waals surface area contributed by atoms with Crippen LogP contribution in [0, 0.1) is 13.8 Å². The molecule has 0 saturated carbocycles. The van der Waals surface area contributed by atoms with Crippen molar-refractivity contribution in [3.63, 3.8) is 0 Å². The van der Waals surface area contributed by atoms with Gasteiger partial charge < -0.3 is 0 Å². The first-order chi connectivity index (χ1) is 22.6. The summed E-state index contributed by atoms with van der Waals surface area (Å²) in [5.41, 5.74) is 11.0. The molecule has 0 amide bonds. The summed E-state index contributed by atoms with van der Waals surface area (Å²) < 4.78 is 0. The molecule has 4 aromatic heterocycles. The number of rotatable bonds is 5. The topological polar surface area (TPSA) is 77.3 Å². The normalized spacial score (nSPS) is 11.3. The molecule has 4 heterocycles. The third kappa shape index (κ3) is 5.16. The van der Waals surface area contributed by atoms with Crippen LogP contribution in [-0.4, -0.2) is 29.9 Å². The van der Waals surface area contributed by atoms with Gasteiger partial charge in [-0.1, -0.05) is 91.0 Å². The number of hydrogen-bond donors (Lipinski definition) is 0. The Labute approximate surface area is 266 Å². The van der Waals surface area contributed by atoms with Gasteiger partial charge in [-0.2, -0.15) is 0 Å². The van der Waals surface area contributed by atoms with Crippen LogP contribution in [0.1, 0.15) is 11.4 Å². The van der Waals surface area contributed by atoms with Gasteiger partial charge in [0.25, 0.3) is 0 Å². The van der Waals surface area contributed by atoms with E-state index in [1.807, 2.05) is 62.4 Å². The first kappa shape index (κ1) is 27.4. The molecule has 0 aliphatic rings. The van der Waals surface area contributed by atoms with Gasteiger partial charge >= 0.3 is 0 Å². The van der Waals surface area contributed by atoms with Crippen LogP contribution in [0.4, 0.5) is 0 Å². The molecule has 46 heavy (non-hydrogen) atoms. The number of fused-ring (bicyclic) bond motifs is 3. The van der Waals surface area contributed by atoms with E-state index in [0.29, 0.717) is 17.5 Å². The predicted molar refractivity (Wildman–Crippen MR) is 185 cm³/mol. The molecule has 0 aliphatic heterocycles. The number of hydrogen-bond acceptors (Lipinski definition) is 6. The highest BCUT2D eigenvalue weighted by Gasteiger charge is 2.14. The van der Waals surface area contributed by atoms with Gasteiger partial charge in [-0.15, -0.1) is 0 Å². The van der Waals surface area contributed by atoms with Crippen molar-refractivity contribution in [3.05, 3.63) is 145 Å². The molecule has 0 saturated heterocycles. The fraction of sp³-hybridized carbons (Fsp3) is 0.0500. The van der Waals surface area contributed by atoms with E-state index < -0.39 is 0 Å². The lowest BCUT2D eigenvalue weighted by molar-refractivity contribution is 1.07. The lowest BCUT2D eigenvalue weighted by Crippen LogP contribution is -2.00. The Kier molecular flexibility index (Phi) is 6.80. The van der Waals surface area contributed by atoms with E-state index in [4.69, 9.17) is 24.9 Å². The van der Waals surface area contributed by atoms with Crippen molar-refractivity contribution in [2.24, 2.45) is 0 Å². The molecule has 0 unspecified atom stereocenters. The summed E-state index contributed by atoms with van der Waals surface area (Å²) in [5.74, 6) is 1.83. The molecule has 4 aromatic carbocycles. The summed E-state index contributed by atoms with van der Waals surface area (Å²) in [7, 11) is 0. The first-order valence-corrected chi connectivity index (χ1v) is 15.2. The van der Waals surface area contributed by atoms with Gasteiger partial charge in [0.15, 0.2) is 17.5 Å². The Morgan fingerprint density at radius 2 is 1.04 bits per heavy atom. The molecule has 6 nitrogen and oxygen atoms in total. The monoisotopic (exact) mass is 592 g/mol. The van der Waals surface area contributed by atoms with E-state index in [1.165, 1.54) is 0 Å². The van der Waals surface area contributed by atoms with Crippen LogP contribution in [0.3, 0.4) is 0 Å². The Morgan fingerprint density at radius 1 is 0.413 bits per heavy atom. The minimum Gasteiger partial charge on any atom is -0.264 e. The highest BCUT2D eigenvalue weighted by molar-refractivity contribution is 6.08. The lowest BCUT2D eigenvalue weighted by Gasteiger charge is -2.12. The second-order valence-corrected chi connectivity index (χ2v) is 11.4. The second kappa shape index (κ2) is 11.4. The van der Waals surface area contributed by atoms with Crippen LogP contribution in [0.5, 0.6) is 0 Å². The number of aryl methyl sites for hydroxylation is 2. The van der Waals surface area contributed by atoms with E-state index in [2.05, 4.69) is 77.8 Å². The molecule has 0 atom stereocenters. The average Bonchev–Trinajstić information content (AvgIpc) is 3.12. The minimum absolute atomic E-state index is 0.590. The molecular weight excluding hydrogens is 564 g/mol. The zero-order chi connectivity index (χ0) is 31.0. The number of pyridine rings is 3. The highest BCUT2D eigenvalue weighted by atomic mass is 15.0. The molecule has 8 rings (SSSR count). The van der Waals surface area contributed by atoms with E-state index in [9.17, 15) is 0 Å². The van der Waals surface area contributed by atoms with Gasteiger partial charge in [0, 0.05) is 51.2 Å². The summed E-state index contributed by atoms with van der Waals surface area (Å²) in [6.07, 6.45) is 3.52. The predicted octanol–water partition coefficient (Wildman–Crippen LogP) is 9.31. The maximum atomic E-state index is 4.92. The average molecular weight is 593 g/mol. The Morgan fingerprint density at radius 3 is 1.80 bits per heavy atom. The summed E-state index contributed by atoms with van der Waals surface area (Å²) in [6, 6.07) is 41.5. The van der Waals surface area contributed by atoms with Crippen molar-refractivity contribution in [2.45, 2.75) is 13.8 Å². The summed E-state index contributed by atoms with van der Waals surface area (Å²) in [6.45, 7) is 4.07. The second-order valence-electron chi connectivity index (χ2n) is 11.4. The third-order valence-corrected chi connectivity index (χ3v) is 8.14. The van der Waals surface area contributed by atoms with Crippen molar-refractivity contribution >= 4 is 21.8 Å². The van der Waals surface area contributed by atoms with Gasteiger partial charge in [-0.05, 0) is 66.4 Å². The molecule has 218 valence electrons. The lowest BCUT2D eigenvalue weighted by atomic mass is 9.95. The molecule has 6 heteroatoms. The van der Waals surface area contributed by atoms with Crippen molar-refractivity contribution in [1.29, 1.82) is 0 Å². The van der Waals surface area contributed by atoms with Crippen molar-refractivity contribution < 1.29 is 0 Å². The Bertz CT molecular complexity index is 2310. The van der Waals surface area contributed by atoms with Gasteiger partial charge in [-0.25, -0.2) is 15.0 Å². The van der Waals surface area contributed by atoms with Crippen LogP contribution in [-0.2, 0) is 0 Å². The SMILES string of the molecule is Cc1ccc2ccc3c(-c4cccc(-c5ccc(-c6nc(-c7ccccc7)nc(-c7cccnc7)n6)cc5)c4)cc(C)nc3c2n1. The molecule has 0 radical (unpaired) electrons. The molecule has 0 spiro atoms. The quantitative estimate of drug-likeness (QED) is 0.185. The highest BCUT2D eigenvalue weighted by Crippen LogP contribution is 2.35. The number of nitrogens with zero attached hydrogens (tertiary/aromatic N) is 6. The zero-order valence-electron chi connectivity index (χ0n) is 25.4. The molecule has 0 N–H and O–H groups in total. The van der Waals surface area contributed by atoms with Crippen molar-refractivity contribution in [3.8, 4) is 56.4 Å². The first-order valence-electron chi connectivity index (χ1n) is 15.2. The summed E-state index contributed by atoms with van der Waals surface area (Å²) in [5, 5.41) is 2.19. The van der Waals surface area contributed by atoms with Crippen molar-refractivity contribution in [1.82, 2.24) is 29.9 Å². The smallest absolute Gasteiger partial charge is 0.165 e. The number of benzene rings is 4. The van der Waals surface area contributed by atoms with Crippen LogP contribution < -0.4 is 0 Å². The Balaban J connectivity index is 1.18. The molecule has 0 bridgehead atoms. The summed E-state index contributed by atoms with van der Waals surface area (Å²) >= 11 is 0. The largest absolute Gasteiger partial charge is 0.264 e. The van der Waals surface area contributed by atoms with Crippen LogP contribution in [0.25, 0.3) is 78.2 Å². The summed E-state index contributed by atoms with van der Waals surface area (Å²) in [4.78, 5) is 28.5. The van der Waals surface area contributed by atoms with Crippen molar-refractivity contribution in [2.75, 3.05) is 0 Å². The maximum absolute atomic E-state index is 4.92. The standard InChI is InChI=1S/C40H28N6/c1-25-13-14-28-19-20-34-35(22-26(2)43-37(34)36(28)42-25)32-11-6-10-31(23-32)27-15-17-30(18-16-27)39-44-38(29-8-4-3-5-9-29)45-40(46-39)33-12-7-21-41-24-33/h3-24H,1-2H3. The third-order valence-electron chi connectivity index (χ3n) is 8.14. The fourth-order valence-corrected chi connectivity index (χ4v) is 5.86. The van der Waals surface area contributed by atoms with Crippen LogP contribution in [0.15, 0.2) is 134 Å². The molecule has 8 aromatic rings. The van der Waals surface area contributed by atoms with Gasteiger partial charge in [0.2, 0.25) is 0 Å². The zero-order valence-corrected chi connectivity index (χ0v) is 25.4. The fourth-order valence-electron chi connectivity index (χ4n) is 5.86.